The van der Waals surface area contributed by atoms with Gasteiger partial charge < -0.3 is 24.4 Å². The van der Waals surface area contributed by atoms with Gasteiger partial charge in [0.2, 0.25) is 11.5 Å². The Bertz CT molecular complexity index is 1170. The lowest BCUT2D eigenvalue weighted by molar-refractivity contribution is -0.151. The van der Waals surface area contributed by atoms with Crippen molar-refractivity contribution < 1.29 is 41.0 Å². The summed E-state index contributed by atoms with van der Waals surface area (Å²) >= 11 is 0. The Hall–Kier alpha value is -3.19. The number of sulfone groups is 1. The number of anilines is 2. The van der Waals surface area contributed by atoms with E-state index in [4.69, 9.17) is 19.0 Å². The summed E-state index contributed by atoms with van der Waals surface area (Å²) in [7, 11) is -2.30. The Kier molecular flexibility index (Phi) is 8.33. The molecule has 2 heterocycles. The molecule has 1 aliphatic heterocycles. The van der Waals surface area contributed by atoms with Crippen LogP contribution in [0.2, 0.25) is 0 Å². The van der Waals surface area contributed by atoms with Crippen LogP contribution in [0.25, 0.3) is 0 Å². The van der Waals surface area contributed by atoms with Crippen molar-refractivity contribution in [2.75, 3.05) is 31.8 Å². The first-order valence-electron chi connectivity index (χ1n) is 10.8. The highest BCUT2D eigenvalue weighted by Gasteiger charge is 2.27. The number of nitrogens with one attached hydrogen (secondary N) is 1. The number of carbonyl (C=O) groups excluding carboxylic acids is 1. The molecule has 2 aromatic rings. The van der Waals surface area contributed by atoms with E-state index in [2.05, 4.69) is 10.3 Å². The number of pyridine rings is 1. The topological polar surface area (TPSA) is 116 Å². The number of benzene rings is 1. The minimum Gasteiger partial charge on any atom is -0.490 e. The van der Waals surface area contributed by atoms with E-state index >= 15 is 0 Å². The Balaban J connectivity index is 1.72. The van der Waals surface area contributed by atoms with Gasteiger partial charge >= 0.3 is 6.16 Å². The quantitative estimate of drug-likeness (QED) is 0.520. The minimum absolute atomic E-state index is 0.0212. The number of hydroxylamine groups is 2. The van der Waals surface area contributed by atoms with Gasteiger partial charge in [0.1, 0.15) is 11.9 Å². The third-order valence-electron chi connectivity index (χ3n) is 4.99. The molecule has 0 saturated carbocycles. The third kappa shape index (κ3) is 6.92. The van der Waals surface area contributed by atoms with Crippen molar-refractivity contribution in [1.29, 1.82) is 0 Å². The fourth-order valence-electron chi connectivity index (χ4n) is 3.33. The maximum atomic E-state index is 14.6. The SMILES string of the molecule is COc1c(Nc2ccc(S(C)(=O)=O)cc2F)ncc(F)c1OC1CCN(OC(=O)OC(C)C)CC1. The molecule has 13 heteroatoms. The molecule has 192 valence electrons. The van der Waals surface area contributed by atoms with Gasteiger partial charge in [0.15, 0.2) is 21.5 Å². The molecular weight excluding hydrogens is 488 g/mol. The second kappa shape index (κ2) is 11.0. The lowest BCUT2D eigenvalue weighted by atomic mass is 10.1. The van der Waals surface area contributed by atoms with E-state index in [-0.39, 0.29) is 34.0 Å². The highest BCUT2D eigenvalue weighted by Crippen LogP contribution is 2.39. The van der Waals surface area contributed by atoms with E-state index < -0.39 is 33.7 Å². The minimum atomic E-state index is -3.59. The molecule has 0 bridgehead atoms. The average molecular weight is 516 g/mol. The van der Waals surface area contributed by atoms with Gasteiger partial charge in [0, 0.05) is 32.2 Å². The highest BCUT2D eigenvalue weighted by molar-refractivity contribution is 7.90. The summed E-state index contributed by atoms with van der Waals surface area (Å²) < 4.78 is 68.5. The first kappa shape index (κ1) is 26.4. The second-order valence-electron chi connectivity index (χ2n) is 8.11. The smallest absolute Gasteiger partial charge is 0.490 e. The number of aromatic nitrogens is 1. The Morgan fingerprint density at radius 2 is 1.86 bits per heavy atom. The molecule has 0 radical (unpaired) electrons. The fraction of sp³-hybridized carbons (Fsp3) is 0.455. The average Bonchev–Trinajstić information content (AvgIpc) is 2.77. The summed E-state index contributed by atoms with van der Waals surface area (Å²) in [6.07, 6.45) is 1.20. The van der Waals surface area contributed by atoms with Crippen LogP contribution in [-0.4, -0.2) is 63.3 Å². The molecule has 0 spiro atoms. The van der Waals surface area contributed by atoms with Crippen LogP contribution in [0.5, 0.6) is 11.5 Å². The van der Waals surface area contributed by atoms with Crippen molar-refractivity contribution in [1.82, 2.24) is 10.0 Å². The van der Waals surface area contributed by atoms with Crippen LogP contribution < -0.4 is 14.8 Å². The number of carbonyl (C=O) groups is 1. The van der Waals surface area contributed by atoms with E-state index in [0.717, 1.165) is 18.5 Å². The van der Waals surface area contributed by atoms with Crippen LogP contribution in [0.15, 0.2) is 29.3 Å². The van der Waals surface area contributed by atoms with Crippen LogP contribution in [0, 0.1) is 11.6 Å². The van der Waals surface area contributed by atoms with Crippen LogP contribution in [0.3, 0.4) is 0 Å². The summed E-state index contributed by atoms with van der Waals surface area (Å²) in [6, 6.07) is 3.34. The van der Waals surface area contributed by atoms with Crippen molar-refractivity contribution in [3.63, 3.8) is 0 Å². The maximum absolute atomic E-state index is 14.6. The van der Waals surface area contributed by atoms with Crippen LogP contribution in [-0.2, 0) is 19.4 Å². The van der Waals surface area contributed by atoms with E-state index in [1.54, 1.807) is 13.8 Å². The Morgan fingerprint density at radius 1 is 1.17 bits per heavy atom. The molecule has 3 rings (SSSR count). The van der Waals surface area contributed by atoms with E-state index in [1.165, 1.54) is 24.3 Å². The molecule has 0 atom stereocenters. The molecule has 1 aliphatic rings. The number of piperidine rings is 1. The van der Waals surface area contributed by atoms with Gasteiger partial charge in [-0.05, 0) is 32.0 Å². The molecule has 1 aromatic carbocycles. The van der Waals surface area contributed by atoms with Gasteiger partial charge in [-0.25, -0.2) is 27.0 Å². The number of rotatable bonds is 8. The first-order chi connectivity index (χ1) is 16.5. The zero-order chi connectivity index (χ0) is 25.8. The van der Waals surface area contributed by atoms with Gasteiger partial charge in [-0.3, -0.25) is 0 Å². The number of nitrogens with zero attached hydrogens (tertiary/aromatic N) is 2. The molecule has 1 fully saturated rings. The summed E-state index contributed by atoms with van der Waals surface area (Å²) in [5.41, 5.74) is -0.0838. The predicted octanol–water partition coefficient (Wildman–Crippen LogP) is 3.84. The zero-order valence-corrected chi connectivity index (χ0v) is 20.5. The van der Waals surface area contributed by atoms with Crippen molar-refractivity contribution in [3.8, 4) is 11.5 Å². The largest absolute Gasteiger partial charge is 0.528 e. The van der Waals surface area contributed by atoms with E-state index in [9.17, 15) is 22.0 Å². The van der Waals surface area contributed by atoms with Gasteiger partial charge in [-0.2, -0.15) is 0 Å². The second-order valence-corrected chi connectivity index (χ2v) is 10.1. The molecule has 10 nitrogen and oxygen atoms in total. The number of hydrogen-bond donors (Lipinski definition) is 1. The van der Waals surface area contributed by atoms with E-state index in [1.807, 2.05) is 0 Å². The summed E-state index contributed by atoms with van der Waals surface area (Å²) in [5.74, 6) is -1.94. The molecule has 1 saturated heterocycles. The zero-order valence-electron chi connectivity index (χ0n) is 19.7. The van der Waals surface area contributed by atoms with Crippen LogP contribution in [0.1, 0.15) is 26.7 Å². The van der Waals surface area contributed by atoms with Gasteiger partial charge in [0.05, 0.1) is 30.0 Å². The normalized spacial score (nSPS) is 15.1. The maximum Gasteiger partial charge on any atom is 0.528 e. The van der Waals surface area contributed by atoms with Gasteiger partial charge in [-0.1, -0.05) is 0 Å². The Morgan fingerprint density at radius 3 is 2.43 bits per heavy atom. The van der Waals surface area contributed by atoms with Crippen LogP contribution >= 0.6 is 0 Å². The Labute approximate surface area is 202 Å². The van der Waals surface area contributed by atoms with Crippen molar-refractivity contribution in [2.45, 2.75) is 43.8 Å². The lowest BCUT2D eigenvalue weighted by Crippen LogP contribution is -2.40. The molecule has 1 aromatic heterocycles. The first-order valence-corrected chi connectivity index (χ1v) is 12.7. The molecule has 1 N–H and O–H groups in total. The summed E-state index contributed by atoms with van der Waals surface area (Å²) in [5, 5.41) is 4.13. The van der Waals surface area contributed by atoms with E-state index in [0.29, 0.717) is 25.9 Å². The summed E-state index contributed by atoms with van der Waals surface area (Å²) in [6.45, 7) is 4.10. The molecule has 0 amide bonds. The molecular formula is C22H27F2N3O7S. The number of ether oxygens (including phenoxy) is 3. The lowest BCUT2D eigenvalue weighted by Gasteiger charge is -2.31. The summed E-state index contributed by atoms with van der Waals surface area (Å²) in [4.78, 5) is 20.5. The van der Waals surface area contributed by atoms with Crippen LogP contribution in [0.4, 0.5) is 25.1 Å². The number of methoxy groups -OCH3 is 1. The highest BCUT2D eigenvalue weighted by atomic mass is 32.2. The molecule has 0 aliphatic carbocycles. The standard InChI is InChI=1S/C22H27F2N3O7S/c1-13(2)32-22(28)34-27-9-7-14(8-10-27)33-19-17(24)12-25-21(20(19)31-3)26-18-6-5-15(11-16(18)23)35(4,29)30/h5-6,11-14H,7-10H2,1-4H3,(H,25,26). The predicted molar refractivity (Wildman–Crippen MR) is 121 cm³/mol. The van der Waals surface area contributed by atoms with Crippen molar-refractivity contribution >= 4 is 27.5 Å². The fourth-order valence-corrected chi connectivity index (χ4v) is 3.96. The number of hydrogen-bond acceptors (Lipinski definition) is 10. The number of halogens is 2. The third-order valence-corrected chi connectivity index (χ3v) is 6.10. The van der Waals surface area contributed by atoms with Gasteiger partial charge in [0.25, 0.3) is 0 Å². The van der Waals surface area contributed by atoms with Gasteiger partial charge in [-0.15, -0.1) is 5.06 Å². The molecule has 35 heavy (non-hydrogen) atoms. The van der Waals surface area contributed by atoms with Crippen molar-refractivity contribution in [2.24, 2.45) is 0 Å². The van der Waals surface area contributed by atoms with Crippen molar-refractivity contribution in [3.05, 3.63) is 36.0 Å². The molecule has 0 unspecified atom stereocenters. The monoisotopic (exact) mass is 515 g/mol.